The zero-order valence-electron chi connectivity index (χ0n) is 19.4. The molecule has 1 amide bonds. The molecule has 4 aromatic rings. The largest absolute Gasteiger partial charge is 0.493 e. The first-order chi connectivity index (χ1) is 16.5. The summed E-state index contributed by atoms with van der Waals surface area (Å²) in [5.74, 6) is 1.65. The predicted octanol–water partition coefficient (Wildman–Crippen LogP) is 4.77. The van der Waals surface area contributed by atoms with Gasteiger partial charge in [-0.1, -0.05) is 29.5 Å². The molecule has 8 nitrogen and oxygen atoms in total. The summed E-state index contributed by atoms with van der Waals surface area (Å²) in [5, 5.41) is 11.9. The van der Waals surface area contributed by atoms with Crippen LogP contribution < -0.4 is 14.8 Å². The van der Waals surface area contributed by atoms with E-state index in [4.69, 9.17) is 9.47 Å². The average molecular weight is 476 g/mol. The lowest BCUT2D eigenvalue weighted by Crippen LogP contribution is -2.23. The van der Waals surface area contributed by atoms with Crippen molar-refractivity contribution in [1.82, 2.24) is 19.7 Å². The van der Waals surface area contributed by atoms with E-state index in [1.807, 2.05) is 54.8 Å². The second kappa shape index (κ2) is 10.4. The third-order valence-corrected chi connectivity index (χ3v) is 6.21. The Labute approximate surface area is 202 Å². The summed E-state index contributed by atoms with van der Waals surface area (Å²) in [6.45, 7) is 3.87. The van der Waals surface area contributed by atoms with E-state index in [0.29, 0.717) is 28.2 Å². The Balaban J connectivity index is 1.60. The Morgan fingerprint density at radius 2 is 1.68 bits per heavy atom. The smallest absolute Gasteiger partial charge is 0.237 e. The summed E-state index contributed by atoms with van der Waals surface area (Å²) >= 11 is 1.34. The van der Waals surface area contributed by atoms with Gasteiger partial charge < -0.3 is 14.8 Å². The van der Waals surface area contributed by atoms with E-state index >= 15 is 0 Å². The molecule has 4 rings (SSSR count). The van der Waals surface area contributed by atoms with E-state index < -0.39 is 5.25 Å². The molecular weight excluding hydrogens is 450 g/mol. The Morgan fingerprint density at radius 3 is 2.35 bits per heavy atom. The minimum Gasteiger partial charge on any atom is -0.493 e. The number of pyridine rings is 1. The molecule has 2 aromatic carbocycles. The predicted molar refractivity (Wildman–Crippen MR) is 133 cm³/mol. The van der Waals surface area contributed by atoms with Crippen molar-refractivity contribution in [2.24, 2.45) is 0 Å². The molecule has 0 bridgehead atoms. The fraction of sp³-hybridized carbons (Fsp3) is 0.200. The van der Waals surface area contributed by atoms with Crippen LogP contribution in [-0.2, 0) is 4.79 Å². The minimum atomic E-state index is -0.438. The molecule has 0 fully saturated rings. The number of carbonyl (C=O) groups is 1. The van der Waals surface area contributed by atoms with E-state index in [0.717, 1.165) is 16.8 Å². The summed E-state index contributed by atoms with van der Waals surface area (Å²) in [6.07, 6.45) is 3.44. The number of amides is 1. The molecule has 0 spiro atoms. The lowest BCUT2D eigenvalue weighted by atomic mass is 10.2. The van der Waals surface area contributed by atoms with Crippen molar-refractivity contribution >= 4 is 23.4 Å². The zero-order chi connectivity index (χ0) is 24.1. The molecule has 0 saturated heterocycles. The fourth-order valence-electron chi connectivity index (χ4n) is 3.33. The normalized spacial score (nSPS) is 11.6. The van der Waals surface area contributed by atoms with Gasteiger partial charge in [0, 0.05) is 35.4 Å². The molecule has 0 saturated carbocycles. The monoisotopic (exact) mass is 475 g/mol. The number of aromatic nitrogens is 4. The Hall–Kier alpha value is -3.85. The Morgan fingerprint density at radius 1 is 0.971 bits per heavy atom. The molecule has 0 aliphatic carbocycles. The number of anilines is 1. The van der Waals surface area contributed by atoms with Gasteiger partial charge in [0.25, 0.3) is 0 Å². The van der Waals surface area contributed by atoms with E-state index in [1.165, 1.54) is 11.8 Å². The van der Waals surface area contributed by atoms with Crippen molar-refractivity contribution in [3.8, 4) is 28.6 Å². The summed E-state index contributed by atoms with van der Waals surface area (Å²) in [5.41, 5.74) is 3.57. The molecule has 2 heterocycles. The van der Waals surface area contributed by atoms with Crippen LogP contribution in [0.4, 0.5) is 5.69 Å². The van der Waals surface area contributed by atoms with Gasteiger partial charge >= 0.3 is 0 Å². The Bertz CT molecular complexity index is 1280. The number of carbonyl (C=O) groups excluding carboxylic acids is 1. The summed E-state index contributed by atoms with van der Waals surface area (Å²) in [6, 6.07) is 17.1. The zero-order valence-corrected chi connectivity index (χ0v) is 20.2. The van der Waals surface area contributed by atoms with Crippen LogP contribution in [0.25, 0.3) is 17.1 Å². The van der Waals surface area contributed by atoms with Crippen molar-refractivity contribution in [3.63, 3.8) is 0 Å². The standard InChI is InChI=1S/C25H25N5O3S/c1-16-5-8-20(9-6-16)30-23(18-11-13-26-14-12-18)28-29-25(30)34-17(2)24(31)27-19-7-10-21(32-3)22(15-19)33-4/h5-15,17H,1-4H3,(H,27,31). The van der Waals surface area contributed by atoms with Crippen LogP contribution in [0.3, 0.4) is 0 Å². The van der Waals surface area contributed by atoms with Crippen molar-refractivity contribution in [2.45, 2.75) is 24.3 Å². The van der Waals surface area contributed by atoms with Crippen LogP contribution in [0.15, 0.2) is 72.1 Å². The molecule has 0 aliphatic heterocycles. The van der Waals surface area contributed by atoms with E-state index in [9.17, 15) is 4.79 Å². The number of thioether (sulfide) groups is 1. The third-order valence-electron chi connectivity index (χ3n) is 5.17. The van der Waals surface area contributed by atoms with Crippen molar-refractivity contribution < 1.29 is 14.3 Å². The highest BCUT2D eigenvalue weighted by atomic mass is 32.2. The second-order valence-corrected chi connectivity index (χ2v) is 8.84. The average Bonchev–Trinajstić information content (AvgIpc) is 3.28. The number of hydrogen-bond donors (Lipinski definition) is 1. The van der Waals surface area contributed by atoms with Crippen molar-refractivity contribution in [1.29, 1.82) is 0 Å². The number of rotatable bonds is 8. The highest BCUT2D eigenvalue weighted by Crippen LogP contribution is 2.32. The van der Waals surface area contributed by atoms with Crippen LogP contribution >= 0.6 is 11.8 Å². The highest BCUT2D eigenvalue weighted by molar-refractivity contribution is 8.00. The van der Waals surface area contributed by atoms with Gasteiger partial charge in [0.05, 0.1) is 19.5 Å². The van der Waals surface area contributed by atoms with Gasteiger partial charge in [0.15, 0.2) is 22.5 Å². The molecular formula is C25H25N5O3S. The van der Waals surface area contributed by atoms with Crippen LogP contribution in [0.1, 0.15) is 12.5 Å². The molecule has 1 unspecified atom stereocenters. The summed E-state index contributed by atoms with van der Waals surface area (Å²) < 4.78 is 12.5. The molecule has 1 N–H and O–H groups in total. The molecule has 2 aromatic heterocycles. The summed E-state index contributed by atoms with van der Waals surface area (Å²) in [7, 11) is 3.12. The first-order valence-corrected chi connectivity index (χ1v) is 11.5. The maximum atomic E-state index is 13.0. The molecule has 0 aliphatic rings. The number of benzene rings is 2. The van der Waals surface area contributed by atoms with E-state index in [2.05, 4.69) is 20.5 Å². The molecule has 1 atom stereocenters. The lowest BCUT2D eigenvalue weighted by molar-refractivity contribution is -0.115. The highest BCUT2D eigenvalue weighted by Gasteiger charge is 2.22. The van der Waals surface area contributed by atoms with E-state index in [1.54, 1.807) is 44.8 Å². The van der Waals surface area contributed by atoms with Crippen molar-refractivity contribution in [3.05, 3.63) is 72.6 Å². The van der Waals surface area contributed by atoms with Crippen LogP contribution in [-0.4, -0.2) is 45.1 Å². The maximum Gasteiger partial charge on any atom is 0.237 e. The van der Waals surface area contributed by atoms with Gasteiger partial charge in [0.2, 0.25) is 5.91 Å². The molecule has 9 heteroatoms. The summed E-state index contributed by atoms with van der Waals surface area (Å²) in [4.78, 5) is 17.1. The van der Waals surface area contributed by atoms with Gasteiger partial charge in [-0.25, -0.2) is 0 Å². The number of nitrogens with one attached hydrogen (secondary N) is 1. The van der Waals surface area contributed by atoms with Gasteiger partial charge in [-0.3, -0.25) is 14.3 Å². The quantitative estimate of drug-likeness (QED) is 0.367. The molecule has 0 radical (unpaired) electrons. The van der Waals surface area contributed by atoms with Gasteiger partial charge in [-0.2, -0.15) is 0 Å². The van der Waals surface area contributed by atoms with Crippen LogP contribution in [0, 0.1) is 6.92 Å². The third kappa shape index (κ3) is 5.04. The number of nitrogens with zero attached hydrogens (tertiary/aromatic N) is 4. The van der Waals surface area contributed by atoms with Crippen LogP contribution in [0.2, 0.25) is 0 Å². The van der Waals surface area contributed by atoms with E-state index in [-0.39, 0.29) is 5.91 Å². The lowest BCUT2D eigenvalue weighted by Gasteiger charge is -2.15. The molecule has 34 heavy (non-hydrogen) atoms. The van der Waals surface area contributed by atoms with Crippen LogP contribution in [0.5, 0.6) is 11.5 Å². The number of methoxy groups -OCH3 is 2. The minimum absolute atomic E-state index is 0.166. The van der Waals surface area contributed by atoms with Gasteiger partial charge in [-0.15, -0.1) is 10.2 Å². The maximum absolute atomic E-state index is 13.0. The second-order valence-electron chi connectivity index (χ2n) is 7.53. The van der Waals surface area contributed by atoms with Crippen molar-refractivity contribution in [2.75, 3.05) is 19.5 Å². The SMILES string of the molecule is COc1ccc(NC(=O)C(C)Sc2nnc(-c3ccncc3)n2-c2ccc(C)cc2)cc1OC. The topological polar surface area (TPSA) is 91.2 Å². The fourth-order valence-corrected chi connectivity index (χ4v) is 4.20. The molecule has 174 valence electrons. The number of ether oxygens (including phenoxy) is 2. The number of aryl methyl sites for hydroxylation is 1. The van der Waals surface area contributed by atoms with Gasteiger partial charge in [0.1, 0.15) is 0 Å². The Kier molecular flexibility index (Phi) is 7.12. The van der Waals surface area contributed by atoms with Gasteiger partial charge in [-0.05, 0) is 50.2 Å². The first-order valence-electron chi connectivity index (χ1n) is 10.6. The first kappa shape index (κ1) is 23.3. The number of hydrogen-bond acceptors (Lipinski definition) is 7.